The van der Waals surface area contributed by atoms with Gasteiger partial charge in [-0.3, -0.25) is 9.59 Å². The number of halogens is 1. The van der Waals surface area contributed by atoms with Gasteiger partial charge in [0, 0.05) is 38.5 Å². The van der Waals surface area contributed by atoms with E-state index in [0.717, 1.165) is 32.4 Å². The van der Waals surface area contributed by atoms with Gasteiger partial charge in [0.15, 0.2) is 0 Å². The quantitative estimate of drug-likeness (QED) is 0.644. The number of likely N-dealkylation sites (tertiary alicyclic amines) is 1. The number of piperidine rings is 1. The predicted molar refractivity (Wildman–Crippen MR) is 125 cm³/mol. The molecule has 2 saturated heterocycles. The highest BCUT2D eigenvalue weighted by atomic mass is 19.1. The largest absolute Gasteiger partial charge is 0.376 e. The molecule has 4 rings (SSSR count). The van der Waals surface area contributed by atoms with E-state index in [2.05, 4.69) is 27.7 Å². The van der Waals surface area contributed by atoms with Gasteiger partial charge in [-0.05, 0) is 55.5 Å². The highest BCUT2D eigenvalue weighted by Crippen LogP contribution is 2.25. The molecule has 6 nitrogen and oxygen atoms in total. The Morgan fingerprint density at radius 2 is 1.73 bits per heavy atom. The summed E-state index contributed by atoms with van der Waals surface area (Å²) in [6.07, 6.45) is 3.44. The van der Waals surface area contributed by atoms with Crippen molar-refractivity contribution in [3.8, 4) is 0 Å². The van der Waals surface area contributed by atoms with Crippen LogP contribution in [0, 0.1) is 17.7 Å². The topological polar surface area (TPSA) is 70.7 Å². The van der Waals surface area contributed by atoms with E-state index in [1.54, 1.807) is 12.1 Å². The molecule has 2 aromatic rings. The van der Waals surface area contributed by atoms with E-state index in [1.165, 1.54) is 17.7 Å². The van der Waals surface area contributed by atoms with Gasteiger partial charge in [-0.1, -0.05) is 30.3 Å². The van der Waals surface area contributed by atoms with Gasteiger partial charge < -0.3 is 20.3 Å². The lowest BCUT2D eigenvalue weighted by Crippen LogP contribution is -2.50. The highest BCUT2D eigenvalue weighted by Gasteiger charge is 2.35. The second kappa shape index (κ2) is 11.4. The van der Waals surface area contributed by atoms with Crippen molar-refractivity contribution < 1.29 is 18.7 Å². The SMILES string of the molecule is O=C(NCC1CCCO1)[C@H]1C[C@@H](C(=O)Nc2ccc(F)cc2)CN(CCc2ccccc2)C1. The molecule has 0 radical (unpaired) electrons. The molecular formula is C26H32FN3O3. The maximum atomic E-state index is 13.2. The highest BCUT2D eigenvalue weighted by molar-refractivity contribution is 5.93. The fourth-order valence-corrected chi connectivity index (χ4v) is 4.63. The minimum absolute atomic E-state index is 0.0190. The molecule has 1 unspecified atom stereocenters. The predicted octanol–water partition coefficient (Wildman–Crippen LogP) is 3.24. The molecule has 7 heteroatoms. The van der Waals surface area contributed by atoms with E-state index >= 15 is 0 Å². The summed E-state index contributed by atoms with van der Waals surface area (Å²) in [6, 6.07) is 16.0. The Kier molecular flexibility index (Phi) is 8.07. The van der Waals surface area contributed by atoms with Crippen LogP contribution in [-0.4, -0.2) is 55.6 Å². The van der Waals surface area contributed by atoms with Crippen molar-refractivity contribution in [2.75, 3.05) is 38.1 Å². The molecule has 0 saturated carbocycles. The third-order valence-electron chi connectivity index (χ3n) is 6.47. The van der Waals surface area contributed by atoms with Crippen LogP contribution in [0.3, 0.4) is 0 Å². The number of amides is 2. The third-order valence-corrected chi connectivity index (χ3v) is 6.47. The fourth-order valence-electron chi connectivity index (χ4n) is 4.63. The standard InChI is InChI=1S/C26H32FN3O3/c27-22-8-10-23(11-9-22)29-26(32)21-15-20(25(31)28-16-24-7-4-14-33-24)17-30(18-21)13-12-19-5-2-1-3-6-19/h1-3,5-6,8-11,20-21,24H,4,7,12-18H2,(H,28,31)(H,29,32)/t20-,21+,24?/m0/s1. The van der Waals surface area contributed by atoms with Crippen LogP contribution in [0.25, 0.3) is 0 Å². The minimum atomic E-state index is -0.347. The molecular weight excluding hydrogens is 421 g/mol. The summed E-state index contributed by atoms with van der Waals surface area (Å²) in [7, 11) is 0. The zero-order chi connectivity index (χ0) is 23.0. The van der Waals surface area contributed by atoms with Gasteiger partial charge in [-0.25, -0.2) is 4.39 Å². The molecule has 0 aromatic heterocycles. The van der Waals surface area contributed by atoms with E-state index < -0.39 is 0 Å². The normalized spacial score (nSPS) is 23.2. The Bertz CT molecular complexity index is 916. The Labute approximate surface area is 194 Å². The molecule has 0 aliphatic carbocycles. The van der Waals surface area contributed by atoms with E-state index in [9.17, 15) is 14.0 Å². The monoisotopic (exact) mass is 453 g/mol. The lowest BCUT2D eigenvalue weighted by molar-refractivity contribution is -0.130. The van der Waals surface area contributed by atoms with Crippen LogP contribution in [0.1, 0.15) is 24.8 Å². The van der Waals surface area contributed by atoms with Crippen LogP contribution in [-0.2, 0) is 20.7 Å². The van der Waals surface area contributed by atoms with Crippen LogP contribution in [0.15, 0.2) is 54.6 Å². The van der Waals surface area contributed by atoms with Gasteiger partial charge in [0.25, 0.3) is 0 Å². The number of nitrogens with one attached hydrogen (secondary N) is 2. The van der Waals surface area contributed by atoms with Crippen molar-refractivity contribution in [3.05, 3.63) is 66.0 Å². The Morgan fingerprint density at radius 3 is 2.42 bits per heavy atom. The first kappa shape index (κ1) is 23.4. The van der Waals surface area contributed by atoms with Crippen LogP contribution >= 0.6 is 0 Å². The van der Waals surface area contributed by atoms with Gasteiger partial charge in [0.05, 0.1) is 17.9 Å². The number of ether oxygens (including phenoxy) is 1. The molecule has 2 fully saturated rings. The molecule has 176 valence electrons. The number of rotatable bonds is 8. The maximum absolute atomic E-state index is 13.2. The van der Waals surface area contributed by atoms with E-state index in [0.29, 0.717) is 31.7 Å². The first-order chi connectivity index (χ1) is 16.1. The molecule has 0 bridgehead atoms. The first-order valence-electron chi connectivity index (χ1n) is 11.8. The van der Waals surface area contributed by atoms with Crippen molar-refractivity contribution in [2.45, 2.75) is 31.8 Å². The second-order valence-corrected chi connectivity index (χ2v) is 9.00. The number of hydrogen-bond donors (Lipinski definition) is 2. The summed E-state index contributed by atoms with van der Waals surface area (Å²) in [6.45, 7) is 3.27. The summed E-state index contributed by atoms with van der Waals surface area (Å²) in [5.74, 6) is -1.09. The van der Waals surface area contributed by atoms with Crippen LogP contribution in [0.2, 0.25) is 0 Å². The summed E-state index contributed by atoms with van der Waals surface area (Å²) < 4.78 is 18.8. The van der Waals surface area contributed by atoms with E-state index in [1.807, 2.05) is 18.2 Å². The minimum Gasteiger partial charge on any atom is -0.376 e. The molecule has 2 N–H and O–H groups in total. The first-order valence-corrected chi connectivity index (χ1v) is 11.8. The number of benzene rings is 2. The number of hydrogen-bond acceptors (Lipinski definition) is 4. The number of nitrogens with zero attached hydrogens (tertiary/aromatic N) is 1. The molecule has 2 aliphatic heterocycles. The van der Waals surface area contributed by atoms with Crippen molar-refractivity contribution in [1.82, 2.24) is 10.2 Å². The Balaban J connectivity index is 1.39. The van der Waals surface area contributed by atoms with Crippen LogP contribution in [0.5, 0.6) is 0 Å². The van der Waals surface area contributed by atoms with Crippen molar-refractivity contribution in [2.24, 2.45) is 11.8 Å². The number of carbonyl (C=O) groups is 2. The molecule has 3 atom stereocenters. The van der Waals surface area contributed by atoms with Gasteiger partial charge in [-0.2, -0.15) is 0 Å². The van der Waals surface area contributed by atoms with Gasteiger partial charge >= 0.3 is 0 Å². The molecule has 2 aliphatic rings. The number of anilines is 1. The van der Waals surface area contributed by atoms with Crippen molar-refractivity contribution in [3.63, 3.8) is 0 Å². The lowest BCUT2D eigenvalue weighted by Gasteiger charge is -2.36. The zero-order valence-electron chi connectivity index (χ0n) is 18.8. The summed E-state index contributed by atoms with van der Waals surface area (Å²) in [5.41, 5.74) is 1.79. The molecule has 2 aromatic carbocycles. The van der Waals surface area contributed by atoms with Gasteiger partial charge in [-0.15, -0.1) is 0 Å². The third kappa shape index (κ3) is 6.85. The van der Waals surface area contributed by atoms with Gasteiger partial charge in [0.1, 0.15) is 5.82 Å². The van der Waals surface area contributed by atoms with Crippen LogP contribution < -0.4 is 10.6 Å². The molecule has 2 heterocycles. The summed E-state index contributed by atoms with van der Waals surface area (Å²) in [4.78, 5) is 28.2. The molecule has 0 spiro atoms. The fraction of sp³-hybridized carbons (Fsp3) is 0.462. The lowest BCUT2D eigenvalue weighted by atomic mass is 9.87. The molecule has 2 amide bonds. The molecule has 33 heavy (non-hydrogen) atoms. The summed E-state index contributed by atoms with van der Waals surface area (Å²) in [5, 5.41) is 5.93. The van der Waals surface area contributed by atoms with Crippen LogP contribution in [0.4, 0.5) is 10.1 Å². The van der Waals surface area contributed by atoms with E-state index in [-0.39, 0.29) is 35.6 Å². The van der Waals surface area contributed by atoms with Crippen molar-refractivity contribution >= 4 is 17.5 Å². The smallest absolute Gasteiger partial charge is 0.228 e. The van der Waals surface area contributed by atoms with Gasteiger partial charge in [0.2, 0.25) is 11.8 Å². The second-order valence-electron chi connectivity index (χ2n) is 9.00. The zero-order valence-corrected chi connectivity index (χ0v) is 18.8. The summed E-state index contributed by atoms with van der Waals surface area (Å²) >= 11 is 0. The average Bonchev–Trinajstić information content (AvgIpc) is 3.37. The Morgan fingerprint density at radius 1 is 1.00 bits per heavy atom. The van der Waals surface area contributed by atoms with Crippen molar-refractivity contribution in [1.29, 1.82) is 0 Å². The average molecular weight is 454 g/mol. The number of carbonyl (C=O) groups excluding carboxylic acids is 2. The maximum Gasteiger partial charge on any atom is 0.228 e. The Hall–Kier alpha value is -2.77. The van der Waals surface area contributed by atoms with E-state index in [4.69, 9.17) is 4.74 Å².